The number of halogens is 2. The van der Waals surface area contributed by atoms with E-state index in [1.807, 2.05) is 31.2 Å². The number of rotatable bonds is 7. The molecule has 0 saturated heterocycles. The summed E-state index contributed by atoms with van der Waals surface area (Å²) in [5, 5.41) is 23.9. The Hall–Kier alpha value is -3.41. The van der Waals surface area contributed by atoms with Crippen molar-refractivity contribution in [3.8, 4) is 11.8 Å². The van der Waals surface area contributed by atoms with Crippen LogP contribution in [0.2, 0.25) is 10.0 Å². The molecule has 1 aromatic heterocycles. The Bertz CT molecular complexity index is 1240. The molecule has 3 aromatic rings. The predicted octanol–water partition coefficient (Wildman–Crippen LogP) is 3.40. The summed E-state index contributed by atoms with van der Waals surface area (Å²) in [6.07, 6.45) is 2.64. The molecule has 33 heavy (non-hydrogen) atoms. The largest absolute Gasteiger partial charge is 0.338 e. The molecule has 2 N–H and O–H groups in total. The second kappa shape index (κ2) is 9.22. The van der Waals surface area contributed by atoms with E-state index in [9.17, 15) is 14.9 Å². The fraction of sp³-hybridized carbons (Fsp3) is 0.261. The third-order valence-electron chi connectivity index (χ3n) is 5.36. The Morgan fingerprint density at radius 2 is 1.91 bits per heavy atom. The van der Waals surface area contributed by atoms with Gasteiger partial charge in [-0.05, 0) is 49.6 Å². The third kappa shape index (κ3) is 5.33. The van der Waals surface area contributed by atoms with Crippen LogP contribution in [-0.4, -0.2) is 38.4 Å². The first kappa shape index (κ1) is 22.8. The van der Waals surface area contributed by atoms with Gasteiger partial charge in [-0.2, -0.15) is 15.2 Å². The fourth-order valence-corrected chi connectivity index (χ4v) is 3.55. The molecule has 4 rings (SSSR count). The summed E-state index contributed by atoms with van der Waals surface area (Å²) in [6, 6.07) is 13.7. The second-order valence-electron chi connectivity index (χ2n) is 8.02. The summed E-state index contributed by atoms with van der Waals surface area (Å²) < 4.78 is 0. The lowest BCUT2D eigenvalue weighted by Gasteiger charge is -2.20. The van der Waals surface area contributed by atoms with E-state index in [2.05, 4.69) is 26.9 Å². The van der Waals surface area contributed by atoms with Crippen LogP contribution in [0.15, 0.2) is 48.7 Å². The van der Waals surface area contributed by atoms with Gasteiger partial charge in [-0.15, -0.1) is 5.10 Å². The maximum atomic E-state index is 13.0. The minimum Gasteiger partial charge on any atom is -0.338 e. The summed E-state index contributed by atoms with van der Waals surface area (Å²) in [5.74, 6) is -1.02. The highest BCUT2D eigenvalue weighted by Crippen LogP contribution is 2.34. The molecule has 2 aromatic carbocycles. The van der Waals surface area contributed by atoms with Gasteiger partial charge in [0.15, 0.2) is 5.69 Å². The van der Waals surface area contributed by atoms with Gasteiger partial charge in [-0.25, -0.2) is 0 Å². The quantitative estimate of drug-likeness (QED) is 0.535. The van der Waals surface area contributed by atoms with Gasteiger partial charge in [-0.3, -0.25) is 9.59 Å². The number of carbonyl (C=O) groups excluding carboxylic acids is 2. The van der Waals surface area contributed by atoms with Crippen molar-refractivity contribution < 1.29 is 9.59 Å². The zero-order valence-corrected chi connectivity index (χ0v) is 19.2. The van der Waals surface area contributed by atoms with Crippen LogP contribution in [0.1, 0.15) is 34.5 Å². The maximum Gasteiger partial charge on any atom is 0.274 e. The number of nitrogens with zero attached hydrogens (tertiary/aromatic N) is 4. The van der Waals surface area contributed by atoms with Crippen molar-refractivity contribution in [2.45, 2.75) is 37.8 Å². The number of amides is 2. The van der Waals surface area contributed by atoms with Crippen LogP contribution in [0.3, 0.4) is 0 Å². The number of aromatic nitrogens is 3. The number of aryl methyl sites for hydroxylation is 1. The number of hydrogen-bond donors (Lipinski definition) is 2. The number of hydrogen-bond acceptors (Lipinski definition) is 5. The zero-order valence-electron chi connectivity index (χ0n) is 17.7. The highest BCUT2D eigenvalue weighted by Gasteiger charge is 2.45. The van der Waals surface area contributed by atoms with Gasteiger partial charge in [0.1, 0.15) is 11.6 Å². The van der Waals surface area contributed by atoms with Crippen molar-refractivity contribution in [1.29, 1.82) is 5.26 Å². The van der Waals surface area contributed by atoms with Gasteiger partial charge in [0, 0.05) is 6.42 Å². The van der Waals surface area contributed by atoms with E-state index < -0.39 is 23.4 Å². The lowest BCUT2D eigenvalue weighted by molar-refractivity contribution is -0.123. The van der Waals surface area contributed by atoms with Crippen molar-refractivity contribution >= 4 is 35.0 Å². The van der Waals surface area contributed by atoms with Crippen LogP contribution < -0.4 is 10.6 Å². The summed E-state index contributed by atoms with van der Waals surface area (Å²) in [6.45, 7) is 1.97. The molecule has 0 bridgehead atoms. The third-order valence-corrected chi connectivity index (χ3v) is 6.10. The standard InChI is InChI=1S/C23H20Cl2N6O2/c1-14-2-5-16(6-3-14)31-27-12-20(30-31)21(32)28-19(22(33)29-23(13-26)8-9-23)11-15-4-7-17(24)18(25)10-15/h2-7,10,12,19H,8-9,11H2,1H3,(H,28,32)(H,29,33)/t19-/m0/s1. The predicted molar refractivity (Wildman–Crippen MR) is 123 cm³/mol. The first-order chi connectivity index (χ1) is 15.8. The minimum absolute atomic E-state index is 0.0592. The van der Waals surface area contributed by atoms with Gasteiger partial charge in [0.2, 0.25) is 5.91 Å². The van der Waals surface area contributed by atoms with Gasteiger partial charge in [0.05, 0.1) is 28.0 Å². The molecule has 0 aliphatic heterocycles. The molecule has 0 radical (unpaired) electrons. The maximum absolute atomic E-state index is 13.0. The average molecular weight is 483 g/mol. The Morgan fingerprint density at radius 3 is 2.55 bits per heavy atom. The Morgan fingerprint density at radius 1 is 1.18 bits per heavy atom. The molecule has 8 nitrogen and oxygen atoms in total. The SMILES string of the molecule is Cc1ccc(-n2ncc(C(=O)N[C@@H](Cc3ccc(Cl)c(Cl)c3)C(=O)NC3(C#N)CC3)n2)cc1. The minimum atomic E-state index is -0.954. The van der Waals surface area contributed by atoms with Crippen molar-refractivity contribution in [1.82, 2.24) is 25.6 Å². The molecule has 2 amide bonds. The molecular formula is C23H20Cl2N6O2. The van der Waals surface area contributed by atoms with Gasteiger partial charge >= 0.3 is 0 Å². The lowest BCUT2D eigenvalue weighted by atomic mass is 10.0. The Labute approximate surface area is 200 Å². The summed E-state index contributed by atoms with van der Waals surface area (Å²) >= 11 is 12.1. The monoisotopic (exact) mass is 482 g/mol. The van der Waals surface area contributed by atoms with Crippen molar-refractivity contribution in [2.24, 2.45) is 0 Å². The van der Waals surface area contributed by atoms with Crippen molar-refractivity contribution in [3.05, 3.63) is 75.5 Å². The van der Waals surface area contributed by atoms with E-state index in [4.69, 9.17) is 23.2 Å². The summed E-state index contributed by atoms with van der Waals surface area (Å²) in [7, 11) is 0. The Kier molecular flexibility index (Phi) is 6.36. The van der Waals surface area contributed by atoms with Crippen LogP contribution in [0, 0.1) is 18.3 Å². The molecule has 0 unspecified atom stereocenters. The van der Waals surface area contributed by atoms with Crippen LogP contribution in [0.25, 0.3) is 5.69 Å². The molecule has 10 heteroatoms. The topological polar surface area (TPSA) is 113 Å². The molecule has 0 spiro atoms. The van der Waals surface area contributed by atoms with Crippen molar-refractivity contribution in [2.75, 3.05) is 0 Å². The van der Waals surface area contributed by atoms with E-state index in [-0.39, 0.29) is 12.1 Å². The normalized spacial score (nSPS) is 14.7. The zero-order chi connectivity index (χ0) is 23.6. The van der Waals surface area contributed by atoms with Gasteiger partial charge < -0.3 is 10.6 Å². The molecule has 1 aliphatic rings. The Balaban J connectivity index is 1.53. The molecule has 1 aliphatic carbocycles. The van der Waals surface area contributed by atoms with Crippen molar-refractivity contribution in [3.63, 3.8) is 0 Å². The molecule has 168 valence electrons. The highest BCUT2D eigenvalue weighted by atomic mass is 35.5. The number of nitriles is 1. The molecule has 1 atom stereocenters. The highest BCUT2D eigenvalue weighted by molar-refractivity contribution is 6.42. The van der Waals surface area contributed by atoms with Crippen LogP contribution in [0.4, 0.5) is 0 Å². The smallest absolute Gasteiger partial charge is 0.274 e. The van der Waals surface area contributed by atoms with Gasteiger partial charge in [-0.1, -0.05) is 47.0 Å². The van der Waals surface area contributed by atoms with Gasteiger partial charge in [0.25, 0.3) is 5.91 Å². The van der Waals surface area contributed by atoms with E-state index in [0.717, 1.165) is 5.56 Å². The molecule has 1 saturated carbocycles. The average Bonchev–Trinajstić information content (AvgIpc) is 3.39. The lowest BCUT2D eigenvalue weighted by Crippen LogP contribution is -2.51. The molecule has 1 fully saturated rings. The summed E-state index contributed by atoms with van der Waals surface area (Å²) in [4.78, 5) is 27.2. The van der Waals surface area contributed by atoms with E-state index in [0.29, 0.717) is 34.1 Å². The fourth-order valence-electron chi connectivity index (χ4n) is 3.23. The number of carbonyl (C=O) groups is 2. The number of benzene rings is 2. The van der Waals surface area contributed by atoms with Crippen LogP contribution in [-0.2, 0) is 11.2 Å². The first-order valence-electron chi connectivity index (χ1n) is 10.3. The van der Waals surface area contributed by atoms with E-state index >= 15 is 0 Å². The number of nitrogens with one attached hydrogen (secondary N) is 2. The molecular weight excluding hydrogens is 463 g/mol. The van der Waals surface area contributed by atoms with E-state index in [1.165, 1.54) is 11.0 Å². The summed E-state index contributed by atoms with van der Waals surface area (Å²) in [5.41, 5.74) is 1.69. The van der Waals surface area contributed by atoms with E-state index in [1.54, 1.807) is 18.2 Å². The van der Waals surface area contributed by atoms with Crippen LogP contribution in [0.5, 0.6) is 0 Å². The molecule has 1 heterocycles. The van der Waals surface area contributed by atoms with Crippen LogP contribution >= 0.6 is 23.2 Å². The first-order valence-corrected chi connectivity index (χ1v) is 11.0. The second-order valence-corrected chi connectivity index (χ2v) is 8.83.